The van der Waals surface area contributed by atoms with Gasteiger partial charge < -0.3 is 9.90 Å². The Kier molecular flexibility index (Phi) is 5.06. The van der Waals surface area contributed by atoms with Gasteiger partial charge in [0.1, 0.15) is 12.0 Å². The van der Waals surface area contributed by atoms with Crippen LogP contribution in [0, 0.1) is 0 Å². The Hall–Kier alpha value is -1.31. The summed E-state index contributed by atoms with van der Waals surface area (Å²) in [6, 6.07) is 0. The minimum Gasteiger partial charge on any atom is -0.508 e. The van der Waals surface area contributed by atoms with Crippen LogP contribution in [0.1, 0.15) is 6.42 Å². The van der Waals surface area contributed by atoms with Crippen molar-refractivity contribution in [1.29, 1.82) is 0 Å². The third-order valence-corrected chi connectivity index (χ3v) is 0.826. The summed E-state index contributed by atoms with van der Waals surface area (Å²) in [5.41, 5.74) is 0. The molecule has 0 bridgehead atoms. The molecule has 0 aliphatic carbocycles. The molecule has 0 rings (SSSR count). The molecular formula is C8H10O2. The Morgan fingerprint density at radius 2 is 2.30 bits per heavy atom. The quantitative estimate of drug-likeness (QED) is 0.365. The van der Waals surface area contributed by atoms with Gasteiger partial charge in [-0.15, -0.1) is 0 Å². The number of carbonyl (C=O) groups excluding carboxylic acids is 1. The predicted octanol–water partition coefficient (Wildman–Crippen LogP) is 1.76. The van der Waals surface area contributed by atoms with Gasteiger partial charge in [-0.1, -0.05) is 18.7 Å². The van der Waals surface area contributed by atoms with E-state index in [1.54, 1.807) is 12.2 Å². The highest BCUT2D eigenvalue weighted by Gasteiger charge is 1.80. The molecule has 54 valence electrons. The summed E-state index contributed by atoms with van der Waals surface area (Å²) in [6.45, 7) is 3.42. The highest BCUT2D eigenvalue weighted by molar-refractivity contribution is 5.52. The molecule has 0 aliphatic rings. The van der Waals surface area contributed by atoms with Gasteiger partial charge in [0.15, 0.2) is 0 Å². The van der Waals surface area contributed by atoms with Crippen molar-refractivity contribution in [2.75, 3.05) is 0 Å². The maximum absolute atomic E-state index is 9.78. The third kappa shape index (κ3) is 4.84. The van der Waals surface area contributed by atoms with Crippen LogP contribution in [0.15, 0.2) is 36.6 Å². The van der Waals surface area contributed by atoms with Crippen LogP contribution in [0.25, 0.3) is 0 Å². The smallest absolute Gasteiger partial charge is 0.123 e. The van der Waals surface area contributed by atoms with Gasteiger partial charge in [0, 0.05) is 6.42 Å². The first-order valence-corrected chi connectivity index (χ1v) is 2.93. The lowest BCUT2D eigenvalue weighted by Crippen LogP contribution is -1.74. The predicted molar refractivity (Wildman–Crippen MR) is 40.7 cm³/mol. The van der Waals surface area contributed by atoms with Crippen molar-refractivity contribution in [3.63, 3.8) is 0 Å². The van der Waals surface area contributed by atoms with E-state index in [0.717, 1.165) is 6.29 Å². The van der Waals surface area contributed by atoms with Crippen LogP contribution in [0.5, 0.6) is 0 Å². The number of hydrogen-bond donors (Lipinski definition) is 1. The Morgan fingerprint density at radius 3 is 2.80 bits per heavy atom. The zero-order valence-electron chi connectivity index (χ0n) is 5.66. The molecule has 10 heavy (non-hydrogen) atoms. The summed E-state index contributed by atoms with van der Waals surface area (Å²) in [6.07, 6.45) is 7.00. The van der Waals surface area contributed by atoms with E-state index in [4.69, 9.17) is 5.11 Å². The number of hydrogen-bond acceptors (Lipinski definition) is 2. The standard InChI is InChI=1S/C8H10O2/c1-2-3-5-8(10)6-4-7-9/h2-3,5-7,10H,1,4H2/b5-3-,8-6+. The molecule has 0 atom stereocenters. The number of allylic oxidation sites excluding steroid dienone is 4. The second-order valence-electron chi connectivity index (χ2n) is 1.63. The number of aldehydes is 1. The third-order valence-electron chi connectivity index (χ3n) is 0.826. The molecule has 2 heteroatoms. The zero-order chi connectivity index (χ0) is 7.82. The van der Waals surface area contributed by atoms with Crippen molar-refractivity contribution >= 4 is 6.29 Å². The molecule has 0 radical (unpaired) electrons. The van der Waals surface area contributed by atoms with Crippen LogP contribution in [-0.4, -0.2) is 11.4 Å². The lowest BCUT2D eigenvalue weighted by atomic mass is 10.3. The molecule has 0 aromatic heterocycles. The molecule has 0 spiro atoms. The summed E-state index contributed by atoms with van der Waals surface area (Å²) in [5.74, 6) is 0.0898. The van der Waals surface area contributed by atoms with E-state index >= 15 is 0 Å². The monoisotopic (exact) mass is 138 g/mol. The Labute approximate surface area is 60.2 Å². The molecule has 0 aliphatic heterocycles. The second-order valence-corrected chi connectivity index (χ2v) is 1.63. The van der Waals surface area contributed by atoms with E-state index in [1.807, 2.05) is 0 Å². The summed E-state index contributed by atoms with van der Waals surface area (Å²) >= 11 is 0. The second kappa shape index (κ2) is 5.82. The fourth-order valence-electron chi connectivity index (χ4n) is 0.404. The van der Waals surface area contributed by atoms with E-state index in [0.29, 0.717) is 0 Å². The van der Waals surface area contributed by atoms with Crippen molar-refractivity contribution in [3.8, 4) is 0 Å². The van der Waals surface area contributed by atoms with Crippen LogP contribution >= 0.6 is 0 Å². The van der Waals surface area contributed by atoms with Crippen molar-refractivity contribution in [2.45, 2.75) is 6.42 Å². The first-order chi connectivity index (χ1) is 4.81. The molecule has 0 fully saturated rings. The molecule has 2 nitrogen and oxygen atoms in total. The number of aliphatic hydroxyl groups is 1. The van der Waals surface area contributed by atoms with Crippen molar-refractivity contribution < 1.29 is 9.90 Å². The maximum atomic E-state index is 9.78. The van der Waals surface area contributed by atoms with Gasteiger partial charge in [-0.05, 0) is 12.2 Å². The number of rotatable bonds is 4. The maximum Gasteiger partial charge on any atom is 0.123 e. The number of carbonyl (C=O) groups is 1. The van der Waals surface area contributed by atoms with E-state index in [9.17, 15) is 4.79 Å². The Bertz CT molecular complexity index is 166. The van der Waals surface area contributed by atoms with Gasteiger partial charge in [0.2, 0.25) is 0 Å². The van der Waals surface area contributed by atoms with E-state index in [2.05, 4.69) is 6.58 Å². The van der Waals surface area contributed by atoms with Crippen LogP contribution in [-0.2, 0) is 4.79 Å². The largest absolute Gasteiger partial charge is 0.508 e. The fourth-order valence-corrected chi connectivity index (χ4v) is 0.404. The minimum absolute atomic E-state index is 0.0898. The topological polar surface area (TPSA) is 37.3 Å². The van der Waals surface area contributed by atoms with Crippen LogP contribution < -0.4 is 0 Å². The molecule has 0 saturated heterocycles. The molecule has 0 saturated carbocycles. The first kappa shape index (κ1) is 8.69. The average molecular weight is 138 g/mol. The van der Waals surface area contributed by atoms with E-state index in [-0.39, 0.29) is 12.2 Å². The van der Waals surface area contributed by atoms with Gasteiger partial charge in [0.25, 0.3) is 0 Å². The fraction of sp³-hybridized carbons (Fsp3) is 0.125. The lowest BCUT2D eigenvalue weighted by molar-refractivity contribution is -0.107. The molecule has 1 N–H and O–H groups in total. The molecular weight excluding hydrogens is 128 g/mol. The van der Waals surface area contributed by atoms with Crippen molar-refractivity contribution in [2.24, 2.45) is 0 Å². The summed E-state index contributed by atoms with van der Waals surface area (Å²) in [4.78, 5) is 9.78. The van der Waals surface area contributed by atoms with E-state index < -0.39 is 0 Å². The minimum atomic E-state index is 0.0898. The Balaban J connectivity index is 3.80. The van der Waals surface area contributed by atoms with Gasteiger partial charge >= 0.3 is 0 Å². The number of aliphatic hydroxyl groups excluding tert-OH is 1. The van der Waals surface area contributed by atoms with Crippen molar-refractivity contribution in [3.05, 3.63) is 36.6 Å². The zero-order valence-corrected chi connectivity index (χ0v) is 5.66. The molecule has 0 amide bonds. The first-order valence-electron chi connectivity index (χ1n) is 2.93. The summed E-state index contributed by atoms with van der Waals surface area (Å²) in [7, 11) is 0. The lowest BCUT2D eigenvalue weighted by Gasteiger charge is -1.85. The van der Waals surface area contributed by atoms with Crippen LogP contribution in [0.2, 0.25) is 0 Å². The average Bonchev–Trinajstić information content (AvgIpc) is 1.97. The highest BCUT2D eigenvalue weighted by Crippen LogP contribution is 1.91. The van der Waals surface area contributed by atoms with Gasteiger partial charge in [-0.3, -0.25) is 0 Å². The molecule has 0 unspecified atom stereocenters. The van der Waals surface area contributed by atoms with E-state index in [1.165, 1.54) is 12.2 Å². The van der Waals surface area contributed by atoms with Crippen LogP contribution in [0.3, 0.4) is 0 Å². The van der Waals surface area contributed by atoms with Gasteiger partial charge in [0.05, 0.1) is 0 Å². The summed E-state index contributed by atoms with van der Waals surface area (Å²) < 4.78 is 0. The van der Waals surface area contributed by atoms with Gasteiger partial charge in [-0.2, -0.15) is 0 Å². The van der Waals surface area contributed by atoms with Gasteiger partial charge in [-0.25, -0.2) is 0 Å². The van der Waals surface area contributed by atoms with Crippen molar-refractivity contribution in [1.82, 2.24) is 0 Å². The molecule has 0 heterocycles. The SMILES string of the molecule is C=C/C=C\C(O)=C/CC=O. The molecule has 0 aromatic carbocycles. The van der Waals surface area contributed by atoms with Crippen LogP contribution in [0.4, 0.5) is 0 Å². The normalized spacial score (nSPS) is 11.8. The highest BCUT2D eigenvalue weighted by atomic mass is 16.3. The molecule has 0 aromatic rings. The Morgan fingerprint density at radius 1 is 1.60 bits per heavy atom. The summed E-state index contributed by atoms with van der Waals surface area (Å²) in [5, 5.41) is 8.88.